The van der Waals surface area contributed by atoms with Crippen LogP contribution in [-0.4, -0.2) is 0 Å². The second-order valence-electron chi connectivity index (χ2n) is 8.87. The Kier molecular flexibility index (Phi) is 5.66. The van der Waals surface area contributed by atoms with Crippen LogP contribution in [0.2, 0.25) is 0 Å². The molecule has 0 radical (unpaired) electrons. The molecule has 6 rings (SSSR count). The van der Waals surface area contributed by atoms with Crippen LogP contribution in [0.4, 0.5) is 0 Å². The Bertz CT molecular complexity index is 1280. The van der Waals surface area contributed by atoms with E-state index in [1.807, 2.05) is 0 Å². The first-order valence-electron chi connectivity index (χ1n) is 11.6. The third kappa shape index (κ3) is 3.58. The van der Waals surface area contributed by atoms with Crippen LogP contribution < -0.4 is 0 Å². The maximum atomic E-state index is 2.39. The molecule has 33 heavy (non-hydrogen) atoms. The van der Waals surface area contributed by atoms with E-state index < -0.39 is 35.9 Å². The van der Waals surface area contributed by atoms with Crippen molar-refractivity contribution < 1.29 is 35.9 Å². The molecular formula is C32H26Gd. The molecule has 0 fully saturated rings. The minimum atomic E-state index is -0.740. The molecule has 0 nitrogen and oxygen atoms in total. The van der Waals surface area contributed by atoms with Gasteiger partial charge in [-0.05, 0) is 0 Å². The van der Waals surface area contributed by atoms with Crippen LogP contribution >= 0.6 is 0 Å². The van der Waals surface area contributed by atoms with E-state index in [4.69, 9.17) is 0 Å². The van der Waals surface area contributed by atoms with E-state index in [1.165, 1.54) is 33.4 Å². The molecule has 0 spiro atoms. The van der Waals surface area contributed by atoms with Gasteiger partial charge in [0.1, 0.15) is 0 Å². The van der Waals surface area contributed by atoms with Crippen LogP contribution in [-0.2, 0) is 0 Å². The second kappa shape index (κ2) is 8.80. The molecule has 0 bridgehead atoms. The summed E-state index contributed by atoms with van der Waals surface area (Å²) in [6.07, 6.45) is 0. The quantitative estimate of drug-likeness (QED) is 0.232. The van der Waals surface area contributed by atoms with Crippen molar-refractivity contribution in [2.75, 3.05) is 0 Å². The molecule has 162 valence electrons. The van der Waals surface area contributed by atoms with Gasteiger partial charge in [0, 0.05) is 0 Å². The zero-order valence-corrected chi connectivity index (χ0v) is 21.2. The molecular weight excluding hydrogens is 542 g/mol. The normalized spacial score (nSPS) is 19.2. The molecule has 0 saturated heterocycles. The summed E-state index contributed by atoms with van der Waals surface area (Å²) in [6.45, 7) is 4.78. The monoisotopic (exact) mass is 568 g/mol. The van der Waals surface area contributed by atoms with Crippen molar-refractivity contribution in [1.82, 2.24) is 0 Å². The third-order valence-electron chi connectivity index (χ3n) is 6.99. The van der Waals surface area contributed by atoms with Crippen molar-refractivity contribution in [3.05, 3.63) is 143 Å². The number of rotatable bonds is 4. The fourth-order valence-corrected chi connectivity index (χ4v) is 9.83. The third-order valence-corrected chi connectivity index (χ3v) is 10.6. The van der Waals surface area contributed by atoms with Crippen LogP contribution in [0.5, 0.6) is 0 Å². The van der Waals surface area contributed by atoms with Gasteiger partial charge in [-0.15, -0.1) is 0 Å². The van der Waals surface area contributed by atoms with Gasteiger partial charge in [0.25, 0.3) is 0 Å². The summed E-state index contributed by atoms with van der Waals surface area (Å²) < 4.78 is 3.24. The van der Waals surface area contributed by atoms with Crippen LogP contribution in [0, 0.1) is 35.9 Å². The van der Waals surface area contributed by atoms with Crippen molar-refractivity contribution in [3.63, 3.8) is 0 Å². The standard InChI is InChI=1S/2C16H13.Gd/c2*1-12-15-10-6-5-9-14(15)11-16(12)13-7-3-2-4-8-13;/h2*2-10,12H,1H3;. The summed E-state index contributed by atoms with van der Waals surface area (Å²) in [5.74, 6) is 0.863. The topological polar surface area (TPSA) is 0 Å². The molecule has 2 aliphatic carbocycles. The van der Waals surface area contributed by atoms with E-state index in [1.54, 1.807) is 13.9 Å². The van der Waals surface area contributed by atoms with Gasteiger partial charge in [-0.2, -0.15) is 0 Å². The van der Waals surface area contributed by atoms with Gasteiger partial charge in [-0.25, -0.2) is 0 Å². The van der Waals surface area contributed by atoms with Crippen molar-refractivity contribution in [2.45, 2.75) is 25.7 Å². The van der Waals surface area contributed by atoms with Gasteiger partial charge in [0.15, 0.2) is 0 Å². The molecule has 0 amide bonds. The maximum absolute atomic E-state index is 2.39. The molecule has 2 atom stereocenters. The minimum absolute atomic E-state index is 0.431. The molecule has 2 aliphatic rings. The zero-order valence-electron chi connectivity index (χ0n) is 18.9. The number of hydrogen-bond donors (Lipinski definition) is 0. The van der Waals surface area contributed by atoms with Crippen molar-refractivity contribution in [3.8, 4) is 0 Å². The average molecular weight is 568 g/mol. The molecule has 4 aromatic carbocycles. The van der Waals surface area contributed by atoms with Gasteiger partial charge in [-0.3, -0.25) is 0 Å². The number of allylic oxidation sites excluding steroid dienone is 2. The van der Waals surface area contributed by atoms with Gasteiger partial charge in [-0.1, -0.05) is 0 Å². The SMILES string of the molecule is CC1C(c2ccccc2)=[C]([Gd][C]2=C(c3ccccc3)C(C)c3ccccc32)c2ccccc21. The number of benzene rings is 4. The predicted octanol–water partition coefficient (Wildman–Crippen LogP) is 8.44. The Morgan fingerprint density at radius 2 is 0.818 bits per heavy atom. The molecule has 0 aromatic heterocycles. The summed E-state index contributed by atoms with van der Waals surface area (Å²) in [7, 11) is 0. The van der Waals surface area contributed by atoms with Gasteiger partial charge in [0.05, 0.1) is 0 Å². The Balaban J connectivity index is 1.59. The van der Waals surface area contributed by atoms with Crippen molar-refractivity contribution in [1.29, 1.82) is 0 Å². The molecule has 0 heterocycles. The zero-order chi connectivity index (χ0) is 22.4. The van der Waals surface area contributed by atoms with E-state index in [-0.39, 0.29) is 0 Å². The van der Waals surface area contributed by atoms with E-state index in [2.05, 4.69) is 123 Å². The number of hydrogen-bond acceptors (Lipinski definition) is 0. The first-order chi connectivity index (χ1) is 16.2. The molecule has 0 saturated carbocycles. The summed E-state index contributed by atoms with van der Waals surface area (Å²) in [5.41, 5.74) is 11.8. The fraction of sp³-hybridized carbons (Fsp3) is 0.125. The summed E-state index contributed by atoms with van der Waals surface area (Å²) in [4.78, 5) is 0. The first kappa shape index (κ1) is 21.2. The van der Waals surface area contributed by atoms with E-state index in [9.17, 15) is 0 Å². The number of fused-ring (bicyclic) bond motifs is 2. The summed E-state index contributed by atoms with van der Waals surface area (Å²) in [6, 6.07) is 40.4. The van der Waals surface area contributed by atoms with E-state index in [0.29, 0.717) is 11.8 Å². The molecule has 0 aliphatic heterocycles. The first-order valence-corrected chi connectivity index (χ1v) is 13.9. The van der Waals surface area contributed by atoms with Crippen LogP contribution in [0.3, 0.4) is 0 Å². The Hall–Kier alpha value is -2.32. The molecule has 4 aromatic rings. The molecule has 2 unspecified atom stereocenters. The average Bonchev–Trinajstić information content (AvgIpc) is 3.32. The Labute approximate surface area is 216 Å². The van der Waals surface area contributed by atoms with Crippen molar-refractivity contribution >= 4 is 13.9 Å². The summed E-state index contributed by atoms with van der Waals surface area (Å²) >= 11 is -0.740. The second-order valence-corrected chi connectivity index (χ2v) is 11.7. The van der Waals surface area contributed by atoms with E-state index >= 15 is 0 Å². The van der Waals surface area contributed by atoms with Gasteiger partial charge >= 0.3 is 218 Å². The van der Waals surface area contributed by atoms with E-state index in [0.717, 1.165) is 0 Å². The van der Waals surface area contributed by atoms with Gasteiger partial charge < -0.3 is 0 Å². The predicted molar refractivity (Wildman–Crippen MR) is 136 cm³/mol. The van der Waals surface area contributed by atoms with Crippen LogP contribution in [0.15, 0.2) is 109 Å². The Morgan fingerprint density at radius 3 is 1.24 bits per heavy atom. The molecule has 0 N–H and O–H groups in total. The Morgan fingerprint density at radius 1 is 0.455 bits per heavy atom. The van der Waals surface area contributed by atoms with Crippen molar-refractivity contribution in [2.24, 2.45) is 0 Å². The fourth-order valence-electron chi connectivity index (χ4n) is 5.37. The van der Waals surface area contributed by atoms with Crippen LogP contribution in [0.25, 0.3) is 13.9 Å². The van der Waals surface area contributed by atoms with Gasteiger partial charge in [0.2, 0.25) is 0 Å². The van der Waals surface area contributed by atoms with Crippen LogP contribution in [0.1, 0.15) is 59.1 Å². The summed E-state index contributed by atoms with van der Waals surface area (Å²) in [5, 5.41) is 0. The molecule has 1 heteroatoms.